The van der Waals surface area contributed by atoms with Crippen LogP contribution in [0.3, 0.4) is 0 Å². The second-order valence-electron chi connectivity index (χ2n) is 6.54. The molecule has 1 aromatic rings. The SMILES string of the molecule is CCC(CC)(COC)[C@@H]1O[C@H](c2ccccc2)[C@H](C)N(C)C1=O. The van der Waals surface area contributed by atoms with Gasteiger partial charge in [0.1, 0.15) is 12.2 Å². The van der Waals surface area contributed by atoms with Crippen LogP contribution in [0.25, 0.3) is 0 Å². The normalized spacial score (nSPS) is 25.7. The molecular formula is C19H29NO3. The predicted octanol–water partition coefficient (Wildman–Crippen LogP) is 3.43. The molecule has 23 heavy (non-hydrogen) atoms. The van der Waals surface area contributed by atoms with Gasteiger partial charge in [-0.1, -0.05) is 44.2 Å². The number of rotatable bonds is 6. The van der Waals surface area contributed by atoms with Gasteiger partial charge in [0, 0.05) is 19.6 Å². The summed E-state index contributed by atoms with van der Waals surface area (Å²) in [6, 6.07) is 10.2. The molecule has 1 heterocycles. The first kappa shape index (κ1) is 18.0. The van der Waals surface area contributed by atoms with E-state index in [1.54, 1.807) is 7.11 Å². The van der Waals surface area contributed by atoms with E-state index < -0.39 is 6.10 Å². The summed E-state index contributed by atoms with van der Waals surface area (Å²) in [5.74, 6) is 0.0606. The Hall–Kier alpha value is -1.39. The van der Waals surface area contributed by atoms with Crippen LogP contribution >= 0.6 is 0 Å². The van der Waals surface area contributed by atoms with E-state index in [1.165, 1.54) is 0 Å². The topological polar surface area (TPSA) is 38.8 Å². The molecule has 2 rings (SSSR count). The fourth-order valence-electron chi connectivity index (χ4n) is 3.50. The third-order valence-electron chi connectivity index (χ3n) is 5.43. The third kappa shape index (κ3) is 3.29. The molecule has 0 aromatic heterocycles. The second kappa shape index (κ2) is 7.45. The highest BCUT2D eigenvalue weighted by Gasteiger charge is 2.49. The van der Waals surface area contributed by atoms with Crippen LogP contribution in [0, 0.1) is 5.41 Å². The summed E-state index contributed by atoms with van der Waals surface area (Å²) in [5.41, 5.74) is 0.829. The van der Waals surface area contributed by atoms with Gasteiger partial charge in [0.15, 0.2) is 0 Å². The van der Waals surface area contributed by atoms with Gasteiger partial charge in [-0.25, -0.2) is 0 Å². The van der Waals surface area contributed by atoms with E-state index in [-0.39, 0.29) is 23.5 Å². The van der Waals surface area contributed by atoms with E-state index in [9.17, 15) is 4.79 Å². The zero-order valence-electron chi connectivity index (χ0n) is 14.9. The lowest BCUT2D eigenvalue weighted by Gasteiger charge is -2.48. The lowest BCUT2D eigenvalue weighted by atomic mass is 9.76. The number of benzene rings is 1. The lowest BCUT2D eigenvalue weighted by Crippen LogP contribution is -2.58. The van der Waals surface area contributed by atoms with Crippen LogP contribution in [-0.2, 0) is 14.3 Å². The highest BCUT2D eigenvalue weighted by molar-refractivity contribution is 5.83. The van der Waals surface area contributed by atoms with Crippen molar-refractivity contribution in [2.45, 2.75) is 51.9 Å². The Bertz CT molecular complexity index is 513. The first-order valence-corrected chi connectivity index (χ1v) is 8.46. The van der Waals surface area contributed by atoms with Gasteiger partial charge in [0.2, 0.25) is 0 Å². The van der Waals surface area contributed by atoms with Gasteiger partial charge in [-0.15, -0.1) is 0 Å². The number of hydrogen-bond acceptors (Lipinski definition) is 3. The average Bonchev–Trinajstić information content (AvgIpc) is 2.59. The van der Waals surface area contributed by atoms with Crippen molar-refractivity contribution in [3.8, 4) is 0 Å². The fourth-order valence-corrected chi connectivity index (χ4v) is 3.50. The number of morpholine rings is 1. The Morgan fingerprint density at radius 1 is 1.22 bits per heavy atom. The molecule has 1 fully saturated rings. The number of ether oxygens (including phenoxy) is 2. The Morgan fingerprint density at radius 2 is 1.83 bits per heavy atom. The molecule has 0 N–H and O–H groups in total. The Labute approximate surface area is 139 Å². The Morgan fingerprint density at radius 3 is 2.35 bits per heavy atom. The zero-order valence-corrected chi connectivity index (χ0v) is 14.9. The van der Waals surface area contributed by atoms with E-state index in [4.69, 9.17) is 9.47 Å². The third-order valence-corrected chi connectivity index (χ3v) is 5.43. The Kier molecular flexibility index (Phi) is 5.82. The predicted molar refractivity (Wildman–Crippen MR) is 91.2 cm³/mol. The van der Waals surface area contributed by atoms with Crippen molar-refractivity contribution in [2.24, 2.45) is 5.41 Å². The number of nitrogens with zero attached hydrogens (tertiary/aromatic N) is 1. The summed E-state index contributed by atoms with van der Waals surface area (Å²) in [5, 5.41) is 0. The minimum atomic E-state index is -0.469. The molecule has 0 radical (unpaired) electrons. The molecule has 3 atom stereocenters. The monoisotopic (exact) mass is 319 g/mol. The number of hydrogen-bond donors (Lipinski definition) is 0. The van der Waals surface area contributed by atoms with Crippen molar-refractivity contribution in [1.29, 1.82) is 0 Å². The average molecular weight is 319 g/mol. The quantitative estimate of drug-likeness (QED) is 0.806. The largest absolute Gasteiger partial charge is 0.384 e. The second-order valence-corrected chi connectivity index (χ2v) is 6.54. The van der Waals surface area contributed by atoms with Gasteiger partial charge in [0.05, 0.1) is 12.6 Å². The van der Waals surface area contributed by atoms with Crippen LogP contribution in [0.5, 0.6) is 0 Å². The summed E-state index contributed by atoms with van der Waals surface area (Å²) < 4.78 is 11.8. The number of methoxy groups -OCH3 is 1. The van der Waals surface area contributed by atoms with Crippen LogP contribution in [0.1, 0.15) is 45.3 Å². The highest BCUT2D eigenvalue weighted by Crippen LogP contribution is 2.41. The molecule has 1 aliphatic rings. The molecule has 1 aromatic carbocycles. The standard InChI is InChI=1S/C19H29NO3/c1-6-19(7-2,13-22-5)17-18(21)20(4)14(3)16(23-17)15-11-9-8-10-12-15/h8-12,14,16-17H,6-7,13H2,1-5H3/t14-,16-,17+/m0/s1. The number of amides is 1. The minimum absolute atomic E-state index is 0.00936. The van der Waals surface area contributed by atoms with Crippen molar-refractivity contribution >= 4 is 5.91 Å². The van der Waals surface area contributed by atoms with E-state index in [0.29, 0.717) is 6.61 Å². The van der Waals surface area contributed by atoms with Crippen molar-refractivity contribution in [3.63, 3.8) is 0 Å². The maximum atomic E-state index is 12.9. The first-order valence-electron chi connectivity index (χ1n) is 8.46. The van der Waals surface area contributed by atoms with Crippen LogP contribution in [0.15, 0.2) is 30.3 Å². The highest BCUT2D eigenvalue weighted by atomic mass is 16.5. The summed E-state index contributed by atoms with van der Waals surface area (Å²) in [6.07, 6.45) is 1.11. The minimum Gasteiger partial charge on any atom is -0.384 e. The lowest BCUT2D eigenvalue weighted by molar-refractivity contribution is -0.193. The number of likely N-dealkylation sites (N-methyl/N-ethyl adjacent to an activating group) is 1. The molecule has 1 amide bonds. The molecule has 128 valence electrons. The summed E-state index contributed by atoms with van der Waals surface area (Å²) >= 11 is 0. The number of carbonyl (C=O) groups excluding carboxylic acids is 1. The van der Waals surface area contributed by atoms with Crippen LogP contribution in [0.2, 0.25) is 0 Å². The van der Waals surface area contributed by atoms with Crippen LogP contribution in [0.4, 0.5) is 0 Å². The summed E-state index contributed by atoms with van der Waals surface area (Å²) in [4.78, 5) is 14.7. The van der Waals surface area contributed by atoms with E-state index >= 15 is 0 Å². The van der Waals surface area contributed by atoms with Gasteiger partial charge in [0.25, 0.3) is 5.91 Å². The van der Waals surface area contributed by atoms with Gasteiger partial charge >= 0.3 is 0 Å². The molecule has 0 unspecified atom stereocenters. The molecule has 0 spiro atoms. The Balaban J connectivity index is 2.38. The van der Waals surface area contributed by atoms with Crippen LogP contribution in [-0.4, -0.2) is 43.7 Å². The van der Waals surface area contributed by atoms with Crippen molar-refractivity contribution in [1.82, 2.24) is 4.90 Å². The summed E-state index contributed by atoms with van der Waals surface area (Å²) in [7, 11) is 3.57. The van der Waals surface area contributed by atoms with Crippen molar-refractivity contribution in [3.05, 3.63) is 35.9 Å². The maximum absolute atomic E-state index is 12.9. The molecule has 1 saturated heterocycles. The van der Waals surface area contributed by atoms with Gasteiger partial charge < -0.3 is 14.4 Å². The molecule has 0 aliphatic carbocycles. The van der Waals surface area contributed by atoms with Gasteiger partial charge in [-0.05, 0) is 25.3 Å². The van der Waals surface area contributed by atoms with E-state index in [2.05, 4.69) is 26.0 Å². The molecule has 0 saturated carbocycles. The number of carbonyl (C=O) groups is 1. The maximum Gasteiger partial charge on any atom is 0.252 e. The first-order chi connectivity index (χ1) is 11.0. The van der Waals surface area contributed by atoms with Gasteiger partial charge in [-0.2, -0.15) is 0 Å². The zero-order chi connectivity index (χ0) is 17.0. The summed E-state index contributed by atoms with van der Waals surface area (Å²) in [6.45, 7) is 6.78. The van der Waals surface area contributed by atoms with E-state index in [1.807, 2.05) is 37.1 Å². The van der Waals surface area contributed by atoms with Crippen molar-refractivity contribution in [2.75, 3.05) is 20.8 Å². The van der Waals surface area contributed by atoms with Gasteiger partial charge in [-0.3, -0.25) is 4.79 Å². The van der Waals surface area contributed by atoms with Crippen LogP contribution < -0.4 is 0 Å². The molecule has 0 bridgehead atoms. The molecule has 4 nitrogen and oxygen atoms in total. The smallest absolute Gasteiger partial charge is 0.252 e. The molecule has 1 aliphatic heterocycles. The fraction of sp³-hybridized carbons (Fsp3) is 0.632. The van der Waals surface area contributed by atoms with Crippen molar-refractivity contribution < 1.29 is 14.3 Å². The van der Waals surface area contributed by atoms with E-state index in [0.717, 1.165) is 18.4 Å². The molecule has 4 heteroatoms. The molecular weight excluding hydrogens is 290 g/mol.